The number of benzene rings is 2. The first-order valence-electron chi connectivity index (χ1n) is 7.38. The Balaban J connectivity index is 0.00000182. The molecule has 0 bridgehead atoms. The molecule has 0 saturated carbocycles. The second kappa shape index (κ2) is 7.68. The summed E-state index contributed by atoms with van der Waals surface area (Å²) in [5, 5.41) is 2.98. The molecule has 4 nitrogen and oxygen atoms in total. The zero-order chi connectivity index (χ0) is 16.5. The van der Waals surface area contributed by atoms with Crippen molar-refractivity contribution in [1.29, 1.82) is 0 Å². The quantitative estimate of drug-likeness (QED) is 0.533. The van der Waals surface area contributed by atoms with E-state index in [4.69, 9.17) is 9.72 Å². The van der Waals surface area contributed by atoms with E-state index in [1.807, 2.05) is 47.1 Å². The van der Waals surface area contributed by atoms with Gasteiger partial charge in [0.05, 0.1) is 12.8 Å². The molecule has 0 amide bonds. The van der Waals surface area contributed by atoms with Crippen LogP contribution in [0.15, 0.2) is 69.8 Å². The van der Waals surface area contributed by atoms with E-state index in [0.717, 1.165) is 38.0 Å². The number of rotatable bonds is 3. The first-order chi connectivity index (χ1) is 11.8. The van der Waals surface area contributed by atoms with Crippen LogP contribution in [0.3, 0.4) is 0 Å². The molecule has 2 heterocycles. The minimum absolute atomic E-state index is 0. The Morgan fingerprint density at radius 3 is 2.44 bits per heavy atom. The topological polar surface area (TPSA) is 39.1 Å². The molecule has 0 spiro atoms. The molecule has 0 unspecified atom stereocenters. The van der Waals surface area contributed by atoms with Crippen molar-refractivity contribution < 1.29 is 4.74 Å². The van der Waals surface area contributed by atoms with Gasteiger partial charge < -0.3 is 4.74 Å². The monoisotopic (exact) mass is 479 g/mol. The molecule has 1 aromatic heterocycles. The summed E-state index contributed by atoms with van der Waals surface area (Å²) in [6, 6.07) is 18.1. The molecule has 4 rings (SSSR count). The summed E-state index contributed by atoms with van der Waals surface area (Å²) in [7, 11) is 1.66. The largest absolute Gasteiger partial charge is 0.497 e. The normalized spacial score (nSPS) is 12.5. The SMILES string of the molecule is Br.COc1ccc(-c2nc3n(c2Br)NC(c2ccccc2)=CS3)cc1. The van der Waals surface area contributed by atoms with Crippen LogP contribution < -0.4 is 10.2 Å². The summed E-state index contributed by atoms with van der Waals surface area (Å²) in [6.07, 6.45) is 0. The number of imidazole rings is 1. The van der Waals surface area contributed by atoms with Crippen LogP contribution in [0.2, 0.25) is 0 Å². The number of ether oxygens (including phenoxy) is 1. The van der Waals surface area contributed by atoms with Crippen LogP contribution in [0.25, 0.3) is 17.0 Å². The number of thioether (sulfide) groups is 1. The molecule has 0 atom stereocenters. The molecule has 128 valence electrons. The third-order valence-electron chi connectivity index (χ3n) is 3.75. The fourth-order valence-corrected chi connectivity index (χ4v) is 3.99. The van der Waals surface area contributed by atoms with Gasteiger partial charge in [-0.25, -0.2) is 9.66 Å². The number of hydrogen-bond acceptors (Lipinski definition) is 4. The summed E-state index contributed by atoms with van der Waals surface area (Å²) >= 11 is 5.28. The van der Waals surface area contributed by atoms with Gasteiger partial charge in [0, 0.05) is 11.0 Å². The number of methoxy groups -OCH3 is 1. The summed E-state index contributed by atoms with van der Waals surface area (Å²) in [5.74, 6) is 0.833. The van der Waals surface area contributed by atoms with Gasteiger partial charge in [0.15, 0.2) is 5.16 Å². The standard InChI is InChI=1S/C18H14BrN3OS.BrH/c1-23-14-9-7-13(8-10-14)16-17(19)22-18(20-16)24-11-15(21-22)12-5-3-2-4-6-12;/h2-11,21H,1H3;1H. The Labute approximate surface area is 169 Å². The van der Waals surface area contributed by atoms with Gasteiger partial charge in [-0.3, -0.25) is 5.43 Å². The summed E-state index contributed by atoms with van der Waals surface area (Å²) in [6.45, 7) is 0. The zero-order valence-electron chi connectivity index (χ0n) is 13.3. The summed E-state index contributed by atoms with van der Waals surface area (Å²) in [4.78, 5) is 4.74. The molecule has 0 saturated heterocycles. The van der Waals surface area contributed by atoms with Crippen LogP contribution in [0.5, 0.6) is 5.75 Å². The highest BCUT2D eigenvalue weighted by Gasteiger charge is 2.21. The van der Waals surface area contributed by atoms with Crippen molar-refractivity contribution in [1.82, 2.24) is 9.66 Å². The molecule has 25 heavy (non-hydrogen) atoms. The van der Waals surface area contributed by atoms with Gasteiger partial charge in [0.25, 0.3) is 0 Å². The number of nitrogens with zero attached hydrogens (tertiary/aromatic N) is 2. The number of fused-ring (bicyclic) bond motifs is 1. The maximum atomic E-state index is 5.22. The molecular weight excluding hydrogens is 466 g/mol. The van der Waals surface area contributed by atoms with Gasteiger partial charge in [-0.05, 0) is 45.8 Å². The van der Waals surface area contributed by atoms with E-state index in [1.165, 1.54) is 0 Å². The van der Waals surface area contributed by atoms with E-state index in [0.29, 0.717) is 0 Å². The van der Waals surface area contributed by atoms with Crippen molar-refractivity contribution in [2.45, 2.75) is 5.16 Å². The lowest BCUT2D eigenvalue weighted by Crippen LogP contribution is -2.17. The van der Waals surface area contributed by atoms with Crippen LogP contribution >= 0.6 is 44.7 Å². The number of nitrogens with one attached hydrogen (secondary N) is 1. The van der Waals surface area contributed by atoms with Gasteiger partial charge in [-0.15, -0.1) is 17.0 Å². The molecule has 3 aromatic rings. The molecule has 0 fully saturated rings. The van der Waals surface area contributed by atoms with Crippen molar-refractivity contribution in [2.24, 2.45) is 0 Å². The molecular formula is C18H15Br2N3OS. The van der Waals surface area contributed by atoms with E-state index in [1.54, 1.807) is 18.9 Å². The second-order valence-corrected chi connectivity index (χ2v) is 6.81. The van der Waals surface area contributed by atoms with E-state index in [9.17, 15) is 0 Å². The van der Waals surface area contributed by atoms with Gasteiger partial charge in [-0.1, -0.05) is 42.1 Å². The van der Waals surface area contributed by atoms with E-state index >= 15 is 0 Å². The van der Waals surface area contributed by atoms with Crippen LogP contribution in [-0.2, 0) is 0 Å². The fourth-order valence-electron chi connectivity index (χ4n) is 2.50. The molecule has 0 radical (unpaired) electrons. The predicted molar refractivity (Wildman–Crippen MR) is 112 cm³/mol. The van der Waals surface area contributed by atoms with E-state index in [2.05, 4.69) is 38.9 Å². The lowest BCUT2D eigenvalue weighted by atomic mass is 10.2. The highest BCUT2D eigenvalue weighted by atomic mass is 79.9. The van der Waals surface area contributed by atoms with Crippen LogP contribution in [0.1, 0.15) is 5.56 Å². The minimum Gasteiger partial charge on any atom is -0.497 e. The van der Waals surface area contributed by atoms with Gasteiger partial charge in [0.2, 0.25) is 0 Å². The number of hydrogen-bond donors (Lipinski definition) is 1. The average Bonchev–Trinajstić information content (AvgIpc) is 2.99. The number of halogens is 2. The predicted octanol–water partition coefficient (Wildman–Crippen LogP) is 5.55. The lowest BCUT2D eigenvalue weighted by Gasteiger charge is -2.18. The number of aromatic nitrogens is 2. The highest BCUT2D eigenvalue weighted by Crippen LogP contribution is 2.36. The van der Waals surface area contributed by atoms with E-state index in [-0.39, 0.29) is 17.0 Å². The first kappa shape index (κ1) is 18.1. The summed E-state index contributed by atoms with van der Waals surface area (Å²) in [5.41, 5.74) is 7.54. The zero-order valence-corrected chi connectivity index (χ0v) is 17.4. The third-order valence-corrected chi connectivity index (χ3v) is 5.32. The van der Waals surface area contributed by atoms with Crippen molar-refractivity contribution in [3.05, 3.63) is 70.2 Å². The lowest BCUT2D eigenvalue weighted by molar-refractivity contribution is 0.415. The van der Waals surface area contributed by atoms with Gasteiger partial charge >= 0.3 is 0 Å². The Morgan fingerprint density at radius 1 is 1.04 bits per heavy atom. The van der Waals surface area contributed by atoms with Gasteiger partial charge in [0.1, 0.15) is 16.0 Å². The van der Waals surface area contributed by atoms with E-state index < -0.39 is 0 Å². The van der Waals surface area contributed by atoms with Crippen molar-refractivity contribution >= 4 is 50.4 Å². The van der Waals surface area contributed by atoms with Crippen LogP contribution in [0.4, 0.5) is 0 Å². The van der Waals surface area contributed by atoms with Crippen molar-refractivity contribution in [2.75, 3.05) is 12.5 Å². The maximum Gasteiger partial charge on any atom is 0.193 e. The van der Waals surface area contributed by atoms with Crippen LogP contribution in [0, 0.1) is 0 Å². The Bertz CT molecular complexity index is 908. The molecule has 1 aliphatic heterocycles. The third kappa shape index (κ3) is 3.49. The van der Waals surface area contributed by atoms with Crippen molar-refractivity contribution in [3.8, 4) is 17.0 Å². The Morgan fingerprint density at radius 2 is 1.76 bits per heavy atom. The summed E-state index contributed by atoms with van der Waals surface area (Å²) < 4.78 is 8.08. The Hall–Kier alpha value is -1.70. The fraction of sp³-hybridized carbons (Fsp3) is 0.0556. The first-order valence-corrected chi connectivity index (χ1v) is 9.05. The molecule has 0 aliphatic carbocycles. The highest BCUT2D eigenvalue weighted by molar-refractivity contribution is 9.10. The molecule has 1 N–H and O–H groups in total. The minimum atomic E-state index is 0. The smallest absolute Gasteiger partial charge is 0.193 e. The molecule has 2 aromatic carbocycles. The van der Waals surface area contributed by atoms with Gasteiger partial charge in [-0.2, -0.15) is 0 Å². The molecule has 1 aliphatic rings. The molecule has 7 heteroatoms. The Kier molecular flexibility index (Phi) is 5.56. The van der Waals surface area contributed by atoms with Crippen LogP contribution in [-0.4, -0.2) is 16.8 Å². The second-order valence-electron chi connectivity index (χ2n) is 5.22. The maximum absolute atomic E-state index is 5.22. The average molecular weight is 481 g/mol. The van der Waals surface area contributed by atoms with Crippen molar-refractivity contribution in [3.63, 3.8) is 0 Å².